The summed E-state index contributed by atoms with van der Waals surface area (Å²) in [6.07, 6.45) is 2.04. The fourth-order valence-corrected chi connectivity index (χ4v) is 2.32. The van der Waals surface area contributed by atoms with E-state index in [0.29, 0.717) is 18.3 Å². The smallest absolute Gasteiger partial charge is 0.232 e. The summed E-state index contributed by atoms with van der Waals surface area (Å²) in [5.74, 6) is 1.30. The lowest BCUT2D eigenvalue weighted by Crippen LogP contribution is -2.39. The molecule has 0 spiro atoms. The highest BCUT2D eigenvalue weighted by atomic mass is 16.5. The Morgan fingerprint density at radius 3 is 3.00 bits per heavy atom. The van der Waals surface area contributed by atoms with E-state index >= 15 is 0 Å². The molecule has 0 bridgehead atoms. The summed E-state index contributed by atoms with van der Waals surface area (Å²) in [6.45, 7) is 5.02. The molecule has 1 aromatic heterocycles. The number of methoxy groups -OCH3 is 1. The number of aromatic nitrogens is 2. The molecule has 6 heteroatoms. The summed E-state index contributed by atoms with van der Waals surface area (Å²) in [5, 5.41) is 3.97. The maximum atomic E-state index is 6.09. The molecule has 102 valence electrons. The molecular weight excluding hydrogens is 234 g/mol. The first-order valence-electron chi connectivity index (χ1n) is 6.32. The van der Waals surface area contributed by atoms with Crippen LogP contribution in [0.25, 0.3) is 0 Å². The minimum atomic E-state index is -0.725. The first-order valence-corrected chi connectivity index (χ1v) is 6.32. The van der Waals surface area contributed by atoms with E-state index in [1.54, 1.807) is 7.11 Å². The van der Waals surface area contributed by atoms with Gasteiger partial charge in [0.1, 0.15) is 5.54 Å². The van der Waals surface area contributed by atoms with Crippen LogP contribution in [0.1, 0.15) is 44.3 Å². The van der Waals surface area contributed by atoms with Crippen LogP contribution >= 0.6 is 0 Å². The Bertz CT molecular complexity index is 392. The van der Waals surface area contributed by atoms with E-state index in [1.165, 1.54) is 0 Å². The molecule has 3 unspecified atom stereocenters. The standard InChI is InChI=1S/C12H21N3O3/c1-4-9-8(5-6-17-9)10-14-11(15-18-10)12(2,13)7-16-3/h8-9H,4-7,13H2,1-3H3. The lowest BCUT2D eigenvalue weighted by atomic mass is 9.99. The SMILES string of the molecule is CCC1OCCC1c1nc(C(C)(N)COC)no1. The van der Waals surface area contributed by atoms with E-state index in [0.717, 1.165) is 19.4 Å². The predicted molar refractivity (Wildman–Crippen MR) is 65.1 cm³/mol. The molecular formula is C12H21N3O3. The summed E-state index contributed by atoms with van der Waals surface area (Å²) in [6, 6.07) is 0. The lowest BCUT2D eigenvalue weighted by molar-refractivity contribution is 0.0952. The molecule has 1 aromatic rings. The molecule has 1 fully saturated rings. The number of hydrogen-bond donors (Lipinski definition) is 1. The van der Waals surface area contributed by atoms with Gasteiger partial charge in [0.15, 0.2) is 5.82 Å². The van der Waals surface area contributed by atoms with Crippen molar-refractivity contribution in [1.29, 1.82) is 0 Å². The Morgan fingerprint density at radius 1 is 1.56 bits per heavy atom. The zero-order valence-electron chi connectivity index (χ0n) is 11.2. The quantitative estimate of drug-likeness (QED) is 0.850. The molecule has 0 amide bonds. The number of rotatable bonds is 5. The van der Waals surface area contributed by atoms with Crippen molar-refractivity contribution in [3.63, 3.8) is 0 Å². The molecule has 2 N–H and O–H groups in total. The fraction of sp³-hybridized carbons (Fsp3) is 0.833. The molecule has 2 heterocycles. The van der Waals surface area contributed by atoms with Crippen LogP contribution in [0.15, 0.2) is 4.52 Å². The number of ether oxygens (including phenoxy) is 2. The zero-order chi connectivity index (χ0) is 13.2. The maximum Gasteiger partial charge on any atom is 0.232 e. The van der Waals surface area contributed by atoms with Gasteiger partial charge < -0.3 is 19.7 Å². The second-order valence-corrected chi connectivity index (χ2v) is 5.02. The molecule has 0 aromatic carbocycles. The Kier molecular flexibility index (Phi) is 3.99. The van der Waals surface area contributed by atoms with Crippen molar-refractivity contribution in [3.8, 4) is 0 Å². The summed E-state index contributed by atoms with van der Waals surface area (Å²) in [4.78, 5) is 4.42. The van der Waals surface area contributed by atoms with E-state index in [2.05, 4.69) is 17.1 Å². The maximum absolute atomic E-state index is 6.09. The molecule has 1 saturated heterocycles. The van der Waals surface area contributed by atoms with Crippen molar-refractivity contribution in [2.75, 3.05) is 20.3 Å². The first-order chi connectivity index (χ1) is 8.58. The molecule has 6 nitrogen and oxygen atoms in total. The van der Waals surface area contributed by atoms with Gasteiger partial charge in [0.2, 0.25) is 5.89 Å². The van der Waals surface area contributed by atoms with Crippen molar-refractivity contribution >= 4 is 0 Å². The second kappa shape index (κ2) is 5.34. The Labute approximate surface area is 107 Å². The zero-order valence-corrected chi connectivity index (χ0v) is 11.2. The second-order valence-electron chi connectivity index (χ2n) is 5.02. The van der Waals surface area contributed by atoms with Gasteiger partial charge in [-0.3, -0.25) is 0 Å². The molecule has 18 heavy (non-hydrogen) atoms. The minimum Gasteiger partial charge on any atom is -0.382 e. The third-order valence-electron chi connectivity index (χ3n) is 3.33. The van der Waals surface area contributed by atoms with Crippen LogP contribution in [0.5, 0.6) is 0 Å². The van der Waals surface area contributed by atoms with Crippen LogP contribution in [0.3, 0.4) is 0 Å². The van der Waals surface area contributed by atoms with Crippen molar-refractivity contribution < 1.29 is 14.0 Å². The van der Waals surface area contributed by atoms with Crippen LogP contribution in [0, 0.1) is 0 Å². The van der Waals surface area contributed by atoms with Crippen LogP contribution in [-0.2, 0) is 15.0 Å². The van der Waals surface area contributed by atoms with E-state index in [1.807, 2.05) is 6.92 Å². The largest absolute Gasteiger partial charge is 0.382 e. The van der Waals surface area contributed by atoms with Gasteiger partial charge in [-0.2, -0.15) is 4.98 Å². The fourth-order valence-electron chi connectivity index (χ4n) is 2.32. The van der Waals surface area contributed by atoms with Crippen LogP contribution in [0.4, 0.5) is 0 Å². The molecule has 1 aliphatic rings. The van der Waals surface area contributed by atoms with Crippen molar-refractivity contribution in [1.82, 2.24) is 10.1 Å². The van der Waals surface area contributed by atoms with Gasteiger partial charge in [0.25, 0.3) is 0 Å². The summed E-state index contributed by atoms with van der Waals surface area (Å²) >= 11 is 0. The molecule has 3 atom stereocenters. The number of hydrogen-bond acceptors (Lipinski definition) is 6. The Morgan fingerprint density at radius 2 is 2.33 bits per heavy atom. The lowest BCUT2D eigenvalue weighted by Gasteiger charge is -2.18. The number of nitrogens with zero attached hydrogens (tertiary/aromatic N) is 2. The average Bonchev–Trinajstić information content (AvgIpc) is 2.97. The Hall–Kier alpha value is -0.980. The highest BCUT2D eigenvalue weighted by molar-refractivity contribution is 5.06. The van der Waals surface area contributed by atoms with Gasteiger partial charge >= 0.3 is 0 Å². The van der Waals surface area contributed by atoms with E-state index < -0.39 is 5.54 Å². The van der Waals surface area contributed by atoms with Crippen LogP contribution in [-0.4, -0.2) is 36.6 Å². The molecule has 0 radical (unpaired) electrons. The monoisotopic (exact) mass is 255 g/mol. The molecule has 1 aliphatic heterocycles. The third-order valence-corrected chi connectivity index (χ3v) is 3.33. The molecule has 2 rings (SSSR count). The third kappa shape index (κ3) is 2.55. The molecule has 0 aliphatic carbocycles. The van der Waals surface area contributed by atoms with Crippen molar-refractivity contribution in [2.24, 2.45) is 5.73 Å². The van der Waals surface area contributed by atoms with Gasteiger partial charge in [-0.15, -0.1) is 0 Å². The average molecular weight is 255 g/mol. The van der Waals surface area contributed by atoms with Gasteiger partial charge in [-0.05, 0) is 19.8 Å². The Balaban J connectivity index is 2.15. The first kappa shape index (κ1) is 13.5. The van der Waals surface area contributed by atoms with Crippen LogP contribution < -0.4 is 5.73 Å². The van der Waals surface area contributed by atoms with Crippen LogP contribution in [0.2, 0.25) is 0 Å². The predicted octanol–water partition coefficient (Wildman–Crippen LogP) is 1.17. The van der Waals surface area contributed by atoms with Gasteiger partial charge in [-0.25, -0.2) is 0 Å². The summed E-state index contributed by atoms with van der Waals surface area (Å²) in [7, 11) is 1.60. The van der Waals surface area contributed by atoms with Crippen molar-refractivity contribution in [3.05, 3.63) is 11.7 Å². The van der Waals surface area contributed by atoms with E-state index in [-0.39, 0.29) is 12.0 Å². The topological polar surface area (TPSA) is 83.4 Å². The molecule has 0 saturated carbocycles. The van der Waals surface area contributed by atoms with Gasteiger partial charge in [-0.1, -0.05) is 12.1 Å². The number of nitrogens with two attached hydrogens (primary N) is 1. The van der Waals surface area contributed by atoms with Gasteiger partial charge in [0, 0.05) is 13.7 Å². The van der Waals surface area contributed by atoms with Gasteiger partial charge in [0.05, 0.1) is 18.6 Å². The summed E-state index contributed by atoms with van der Waals surface area (Å²) in [5.41, 5.74) is 5.36. The minimum absolute atomic E-state index is 0.171. The van der Waals surface area contributed by atoms with Crippen molar-refractivity contribution in [2.45, 2.75) is 44.2 Å². The highest BCUT2D eigenvalue weighted by Gasteiger charge is 2.35. The normalized spacial score (nSPS) is 27.3. The summed E-state index contributed by atoms with van der Waals surface area (Å²) < 4.78 is 16.0. The highest BCUT2D eigenvalue weighted by Crippen LogP contribution is 2.32. The van der Waals surface area contributed by atoms with E-state index in [4.69, 9.17) is 19.7 Å². The van der Waals surface area contributed by atoms with E-state index in [9.17, 15) is 0 Å².